The highest BCUT2D eigenvalue weighted by atomic mass is 32.1. The van der Waals surface area contributed by atoms with Crippen LogP contribution in [0.2, 0.25) is 0 Å². The van der Waals surface area contributed by atoms with Crippen molar-refractivity contribution in [3.8, 4) is 5.75 Å². The molecule has 1 aromatic rings. The number of aryl methyl sites for hydroxylation is 1. The zero-order valence-electron chi connectivity index (χ0n) is 11.5. The van der Waals surface area contributed by atoms with Crippen molar-refractivity contribution in [1.29, 1.82) is 0 Å². The van der Waals surface area contributed by atoms with E-state index in [1.54, 1.807) is 13.0 Å². The third-order valence-electron chi connectivity index (χ3n) is 2.69. The number of benzene rings is 1. The fourth-order valence-corrected chi connectivity index (χ4v) is 1.64. The predicted octanol–water partition coefficient (Wildman–Crippen LogP) is 1.92. The van der Waals surface area contributed by atoms with Crippen molar-refractivity contribution < 1.29 is 9.53 Å². The Morgan fingerprint density at radius 3 is 2.79 bits per heavy atom. The zero-order chi connectivity index (χ0) is 14.4. The van der Waals surface area contributed by atoms with Crippen LogP contribution < -0.4 is 15.8 Å². The van der Waals surface area contributed by atoms with Crippen LogP contribution in [0.5, 0.6) is 5.75 Å². The molecule has 1 unspecified atom stereocenters. The summed E-state index contributed by atoms with van der Waals surface area (Å²) in [5.74, 6) is 0.506. The van der Waals surface area contributed by atoms with Gasteiger partial charge in [-0.1, -0.05) is 31.3 Å². The molecule has 0 aromatic heterocycles. The molecular formula is C14H20N2O2S. The SMILES string of the molecule is CCCNC(=O)C(C)Oc1cc(C(N)=S)ccc1C. The van der Waals surface area contributed by atoms with Gasteiger partial charge in [-0.2, -0.15) is 0 Å². The molecule has 104 valence electrons. The molecule has 3 N–H and O–H groups in total. The molecular weight excluding hydrogens is 260 g/mol. The molecule has 0 aliphatic carbocycles. The third-order valence-corrected chi connectivity index (χ3v) is 2.93. The minimum absolute atomic E-state index is 0.123. The second kappa shape index (κ2) is 7.09. The van der Waals surface area contributed by atoms with Crippen LogP contribution in [-0.4, -0.2) is 23.5 Å². The molecule has 0 saturated carbocycles. The minimum Gasteiger partial charge on any atom is -0.481 e. The van der Waals surface area contributed by atoms with Gasteiger partial charge in [0.1, 0.15) is 10.7 Å². The summed E-state index contributed by atoms with van der Waals surface area (Å²) in [6.07, 6.45) is 0.348. The molecule has 1 atom stereocenters. The van der Waals surface area contributed by atoms with Crippen LogP contribution >= 0.6 is 12.2 Å². The van der Waals surface area contributed by atoms with Crippen molar-refractivity contribution >= 4 is 23.1 Å². The van der Waals surface area contributed by atoms with Gasteiger partial charge in [0, 0.05) is 12.1 Å². The van der Waals surface area contributed by atoms with Crippen LogP contribution in [-0.2, 0) is 4.79 Å². The topological polar surface area (TPSA) is 64.3 Å². The summed E-state index contributed by atoms with van der Waals surface area (Å²) in [7, 11) is 0. The van der Waals surface area contributed by atoms with Crippen LogP contribution in [0.25, 0.3) is 0 Å². The monoisotopic (exact) mass is 280 g/mol. The van der Waals surface area contributed by atoms with Crippen molar-refractivity contribution in [3.05, 3.63) is 29.3 Å². The fraction of sp³-hybridized carbons (Fsp3) is 0.429. The molecule has 0 radical (unpaired) electrons. The fourth-order valence-electron chi connectivity index (χ4n) is 1.52. The summed E-state index contributed by atoms with van der Waals surface area (Å²) in [5, 5.41) is 2.79. The first-order valence-corrected chi connectivity index (χ1v) is 6.71. The van der Waals surface area contributed by atoms with Gasteiger partial charge in [-0.3, -0.25) is 4.79 Å². The number of hydrogen-bond acceptors (Lipinski definition) is 3. The Morgan fingerprint density at radius 1 is 1.53 bits per heavy atom. The first kappa shape index (κ1) is 15.4. The number of amides is 1. The second-order valence-electron chi connectivity index (χ2n) is 4.40. The van der Waals surface area contributed by atoms with Crippen molar-refractivity contribution in [2.75, 3.05) is 6.54 Å². The van der Waals surface area contributed by atoms with Gasteiger partial charge in [0.15, 0.2) is 6.10 Å². The maximum Gasteiger partial charge on any atom is 0.260 e. The molecule has 1 aromatic carbocycles. The zero-order valence-corrected chi connectivity index (χ0v) is 12.3. The van der Waals surface area contributed by atoms with Gasteiger partial charge in [-0.25, -0.2) is 0 Å². The lowest BCUT2D eigenvalue weighted by molar-refractivity contribution is -0.127. The number of nitrogens with two attached hydrogens (primary N) is 1. The third kappa shape index (κ3) is 4.52. The Kier molecular flexibility index (Phi) is 5.76. The Morgan fingerprint density at radius 2 is 2.21 bits per heavy atom. The molecule has 19 heavy (non-hydrogen) atoms. The Balaban J connectivity index is 2.78. The first-order chi connectivity index (χ1) is 8.95. The molecule has 0 heterocycles. The number of ether oxygens (including phenoxy) is 1. The summed E-state index contributed by atoms with van der Waals surface area (Å²) in [6.45, 7) is 6.28. The molecule has 0 fully saturated rings. The van der Waals surface area contributed by atoms with Gasteiger partial charge in [0.25, 0.3) is 5.91 Å². The van der Waals surface area contributed by atoms with E-state index in [9.17, 15) is 4.79 Å². The van der Waals surface area contributed by atoms with E-state index in [1.165, 1.54) is 0 Å². The Labute approximate surface area is 119 Å². The van der Waals surface area contributed by atoms with Gasteiger partial charge in [0.2, 0.25) is 0 Å². The lowest BCUT2D eigenvalue weighted by Gasteiger charge is -2.16. The number of carbonyl (C=O) groups is 1. The Hall–Kier alpha value is -1.62. The Bertz CT molecular complexity index is 475. The number of rotatable bonds is 6. The largest absolute Gasteiger partial charge is 0.481 e. The molecule has 0 saturated heterocycles. The van der Waals surface area contributed by atoms with Gasteiger partial charge in [-0.15, -0.1) is 0 Å². The minimum atomic E-state index is -0.549. The van der Waals surface area contributed by atoms with Crippen molar-refractivity contribution in [3.63, 3.8) is 0 Å². The van der Waals surface area contributed by atoms with E-state index < -0.39 is 6.10 Å². The van der Waals surface area contributed by atoms with Crippen LogP contribution in [0, 0.1) is 6.92 Å². The summed E-state index contributed by atoms with van der Waals surface area (Å²) in [6, 6.07) is 5.48. The lowest BCUT2D eigenvalue weighted by Crippen LogP contribution is -2.36. The molecule has 0 bridgehead atoms. The molecule has 5 heteroatoms. The highest BCUT2D eigenvalue weighted by molar-refractivity contribution is 7.80. The predicted molar refractivity (Wildman–Crippen MR) is 80.5 cm³/mol. The van der Waals surface area contributed by atoms with E-state index >= 15 is 0 Å². The van der Waals surface area contributed by atoms with Crippen molar-refractivity contribution in [1.82, 2.24) is 5.32 Å². The smallest absolute Gasteiger partial charge is 0.260 e. The summed E-state index contributed by atoms with van der Waals surface area (Å²) < 4.78 is 5.67. The van der Waals surface area contributed by atoms with Crippen molar-refractivity contribution in [2.24, 2.45) is 5.73 Å². The maximum atomic E-state index is 11.7. The quantitative estimate of drug-likeness (QED) is 0.781. The molecule has 0 aliphatic rings. The highest BCUT2D eigenvalue weighted by Crippen LogP contribution is 2.21. The number of thiocarbonyl (C=S) groups is 1. The normalized spacial score (nSPS) is 11.7. The van der Waals surface area contributed by atoms with Crippen LogP contribution in [0.15, 0.2) is 18.2 Å². The van der Waals surface area contributed by atoms with E-state index in [0.717, 1.165) is 17.5 Å². The molecule has 1 amide bonds. The van der Waals surface area contributed by atoms with E-state index in [-0.39, 0.29) is 5.91 Å². The molecule has 0 spiro atoms. The van der Waals surface area contributed by atoms with E-state index in [4.69, 9.17) is 22.7 Å². The maximum absolute atomic E-state index is 11.7. The average Bonchev–Trinajstić information content (AvgIpc) is 2.38. The van der Waals surface area contributed by atoms with E-state index in [1.807, 2.05) is 26.0 Å². The van der Waals surface area contributed by atoms with Gasteiger partial charge in [-0.05, 0) is 31.9 Å². The highest BCUT2D eigenvalue weighted by Gasteiger charge is 2.15. The van der Waals surface area contributed by atoms with Gasteiger partial charge < -0.3 is 15.8 Å². The van der Waals surface area contributed by atoms with E-state index in [0.29, 0.717) is 17.3 Å². The average molecular weight is 280 g/mol. The van der Waals surface area contributed by atoms with Gasteiger partial charge >= 0.3 is 0 Å². The van der Waals surface area contributed by atoms with Crippen LogP contribution in [0.4, 0.5) is 0 Å². The van der Waals surface area contributed by atoms with Crippen molar-refractivity contribution in [2.45, 2.75) is 33.3 Å². The first-order valence-electron chi connectivity index (χ1n) is 6.30. The summed E-state index contributed by atoms with van der Waals surface area (Å²) in [5.41, 5.74) is 7.26. The molecule has 1 rings (SSSR count). The second-order valence-corrected chi connectivity index (χ2v) is 4.84. The van der Waals surface area contributed by atoms with E-state index in [2.05, 4.69) is 5.32 Å². The standard InChI is InChI=1S/C14H20N2O2S/c1-4-7-16-14(17)10(3)18-12-8-11(13(15)19)6-5-9(12)2/h5-6,8,10H,4,7H2,1-3H3,(H2,15,19)(H,16,17). The number of hydrogen-bond donors (Lipinski definition) is 2. The van der Waals surface area contributed by atoms with Gasteiger partial charge in [0.05, 0.1) is 0 Å². The van der Waals surface area contributed by atoms with Crippen LogP contribution in [0.1, 0.15) is 31.4 Å². The number of nitrogens with one attached hydrogen (secondary N) is 1. The van der Waals surface area contributed by atoms with Crippen LogP contribution in [0.3, 0.4) is 0 Å². The number of carbonyl (C=O) groups excluding carboxylic acids is 1. The molecule has 0 aliphatic heterocycles. The molecule has 4 nitrogen and oxygen atoms in total. The summed E-state index contributed by atoms with van der Waals surface area (Å²) in [4.78, 5) is 12.1. The summed E-state index contributed by atoms with van der Waals surface area (Å²) >= 11 is 4.93. The lowest BCUT2D eigenvalue weighted by atomic mass is 10.1.